The molecule has 2 aliphatic heterocycles. The largest absolute Gasteiger partial charge is 0.344 e. The summed E-state index contributed by atoms with van der Waals surface area (Å²) in [6, 6.07) is 11.2. The number of carbonyl (C=O) groups excluding carboxylic acids is 1. The predicted octanol–water partition coefficient (Wildman–Crippen LogP) is 3.55. The van der Waals surface area contributed by atoms with Crippen molar-refractivity contribution < 1.29 is 9.72 Å². The number of benzene rings is 1. The van der Waals surface area contributed by atoms with Gasteiger partial charge >= 0.3 is 11.2 Å². The Hall–Kier alpha value is -3.42. The van der Waals surface area contributed by atoms with E-state index in [1.807, 2.05) is 35.4 Å². The van der Waals surface area contributed by atoms with Crippen molar-refractivity contribution in [2.24, 2.45) is 5.92 Å². The molecular formula is C23H24N4O4. The first-order valence-electron chi connectivity index (χ1n) is 10.6. The number of hydrogen-bond donors (Lipinski definition) is 0. The number of pyridine rings is 1. The molecule has 0 radical (unpaired) electrons. The van der Waals surface area contributed by atoms with Crippen LogP contribution in [0.15, 0.2) is 47.4 Å². The molecule has 0 unspecified atom stereocenters. The fourth-order valence-electron chi connectivity index (χ4n) is 5.21. The number of piperidine rings is 1. The van der Waals surface area contributed by atoms with Crippen LogP contribution in [0.25, 0.3) is 10.9 Å². The number of hydrogen-bond acceptors (Lipinski definition) is 4. The zero-order chi connectivity index (χ0) is 21.9. The molecule has 1 fully saturated rings. The van der Waals surface area contributed by atoms with Crippen molar-refractivity contribution in [3.05, 3.63) is 74.3 Å². The lowest BCUT2D eigenvalue weighted by atomic mass is 9.83. The van der Waals surface area contributed by atoms with Crippen LogP contribution in [0.3, 0.4) is 0 Å². The number of nitrogens with zero attached hydrogens (tertiary/aromatic N) is 4. The number of rotatable bonds is 3. The normalized spacial score (nSPS) is 20.2. The lowest BCUT2D eigenvalue weighted by Gasteiger charge is -2.42. The molecule has 0 aliphatic carbocycles. The van der Waals surface area contributed by atoms with Gasteiger partial charge in [0.1, 0.15) is 0 Å². The Bertz CT molecular complexity index is 1270. The van der Waals surface area contributed by atoms with Crippen molar-refractivity contribution >= 4 is 22.5 Å². The molecule has 8 heteroatoms. The van der Waals surface area contributed by atoms with E-state index < -0.39 is 16.2 Å². The molecule has 5 rings (SSSR count). The number of aromatic nitrogens is 2. The molecule has 0 saturated carbocycles. The van der Waals surface area contributed by atoms with Gasteiger partial charge in [0, 0.05) is 60.5 Å². The molecule has 1 saturated heterocycles. The molecule has 2 aromatic heterocycles. The van der Waals surface area contributed by atoms with Gasteiger partial charge in [-0.15, -0.1) is 0 Å². The third-order valence-corrected chi connectivity index (χ3v) is 6.60. The van der Waals surface area contributed by atoms with Crippen LogP contribution in [-0.4, -0.2) is 38.0 Å². The standard InChI is InChI=1S/C23H24N4O4/c1-14(2)25-13-18(17-5-3-4-6-20(17)25)22(28)24-10-15-9-16(12-24)19-7-8-21(27(30)31)23(29)26(19)11-15/h3-8,13-16H,9-12H2,1-2H3/t15-,16+/m1/s1. The highest BCUT2D eigenvalue weighted by Crippen LogP contribution is 2.37. The van der Waals surface area contributed by atoms with E-state index in [0.29, 0.717) is 25.2 Å². The van der Waals surface area contributed by atoms with E-state index >= 15 is 0 Å². The zero-order valence-corrected chi connectivity index (χ0v) is 17.5. The number of carbonyl (C=O) groups is 1. The number of amides is 1. The van der Waals surface area contributed by atoms with E-state index in [-0.39, 0.29) is 23.8 Å². The highest BCUT2D eigenvalue weighted by Gasteiger charge is 2.38. The highest BCUT2D eigenvalue weighted by molar-refractivity contribution is 6.07. The molecule has 1 amide bonds. The first-order valence-corrected chi connectivity index (χ1v) is 10.6. The first-order chi connectivity index (χ1) is 14.8. The number of para-hydroxylation sites is 1. The molecule has 0 spiro atoms. The smallest absolute Gasteiger partial charge is 0.334 e. The Labute approximate surface area is 178 Å². The Morgan fingerprint density at radius 2 is 1.90 bits per heavy atom. The van der Waals surface area contributed by atoms with E-state index in [1.54, 1.807) is 10.6 Å². The van der Waals surface area contributed by atoms with Gasteiger partial charge in [0.25, 0.3) is 5.91 Å². The van der Waals surface area contributed by atoms with Crippen LogP contribution < -0.4 is 5.56 Å². The summed E-state index contributed by atoms with van der Waals surface area (Å²) >= 11 is 0. The zero-order valence-electron chi connectivity index (χ0n) is 17.5. The van der Waals surface area contributed by atoms with Gasteiger partial charge in [-0.05, 0) is 38.3 Å². The molecule has 2 bridgehead atoms. The maximum atomic E-state index is 13.6. The molecule has 1 aromatic carbocycles. The number of fused-ring (bicyclic) bond motifs is 5. The van der Waals surface area contributed by atoms with Crippen LogP contribution >= 0.6 is 0 Å². The molecule has 160 valence electrons. The molecule has 2 atom stereocenters. The summed E-state index contributed by atoms with van der Waals surface area (Å²) in [7, 11) is 0. The third kappa shape index (κ3) is 3.05. The SMILES string of the molecule is CC(C)n1cc(C(=O)N2C[C@H]3C[C@@H](C2)c2ccc([N+](=O)[O-])c(=O)n2C3)c2ccccc21. The van der Waals surface area contributed by atoms with Crippen LogP contribution in [0.5, 0.6) is 0 Å². The lowest BCUT2D eigenvalue weighted by Crippen LogP contribution is -2.49. The summed E-state index contributed by atoms with van der Waals surface area (Å²) < 4.78 is 3.67. The van der Waals surface area contributed by atoms with Crippen molar-refractivity contribution in [2.75, 3.05) is 13.1 Å². The van der Waals surface area contributed by atoms with Crippen molar-refractivity contribution in [1.29, 1.82) is 0 Å². The van der Waals surface area contributed by atoms with E-state index in [1.165, 1.54) is 6.07 Å². The summed E-state index contributed by atoms with van der Waals surface area (Å²) in [4.78, 5) is 38.5. The number of nitro groups is 1. The van der Waals surface area contributed by atoms with Gasteiger partial charge in [0.2, 0.25) is 0 Å². The lowest BCUT2D eigenvalue weighted by molar-refractivity contribution is -0.386. The average Bonchev–Trinajstić information content (AvgIpc) is 3.13. The van der Waals surface area contributed by atoms with Crippen LogP contribution in [0.4, 0.5) is 5.69 Å². The van der Waals surface area contributed by atoms with Crippen molar-refractivity contribution in [3.8, 4) is 0 Å². The van der Waals surface area contributed by atoms with Gasteiger partial charge in [-0.25, -0.2) is 0 Å². The molecule has 4 heterocycles. The Kier molecular flexibility index (Phi) is 4.46. The minimum absolute atomic E-state index is 0.00279. The molecule has 0 N–H and O–H groups in total. The predicted molar refractivity (Wildman–Crippen MR) is 116 cm³/mol. The molecule has 8 nitrogen and oxygen atoms in total. The highest BCUT2D eigenvalue weighted by atomic mass is 16.6. The maximum Gasteiger partial charge on any atom is 0.334 e. The van der Waals surface area contributed by atoms with Gasteiger partial charge in [-0.2, -0.15) is 0 Å². The van der Waals surface area contributed by atoms with Gasteiger partial charge < -0.3 is 14.0 Å². The van der Waals surface area contributed by atoms with Gasteiger partial charge in [0.15, 0.2) is 0 Å². The van der Waals surface area contributed by atoms with Gasteiger partial charge in [-0.3, -0.25) is 19.7 Å². The maximum absolute atomic E-state index is 13.6. The third-order valence-electron chi connectivity index (χ3n) is 6.60. The van der Waals surface area contributed by atoms with E-state index in [4.69, 9.17) is 0 Å². The Balaban J connectivity index is 1.50. The number of likely N-dealkylation sites (tertiary alicyclic amines) is 1. The summed E-state index contributed by atoms with van der Waals surface area (Å²) in [6.45, 7) is 5.66. The summed E-state index contributed by atoms with van der Waals surface area (Å²) in [5.41, 5.74) is 1.59. The Morgan fingerprint density at radius 1 is 1.13 bits per heavy atom. The molecule has 3 aromatic rings. The van der Waals surface area contributed by atoms with Gasteiger partial charge in [-0.1, -0.05) is 18.2 Å². The van der Waals surface area contributed by atoms with Gasteiger partial charge in [0.05, 0.1) is 10.5 Å². The van der Waals surface area contributed by atoms with E-state index in [2.05, 4.69) is 18.4 Å². The minimum atomic E-state index is -0.625. The van der Waals surface area contributed by atoms with Crippen LogP contribution in [0.1, 0.15) is 48.3 Å². The summed E-state index contributed by atoms with van der Waals surface area (Å²) in [5.74, 6) is 0.111. The molecule has 2 aliphatic rings. The van der Waals surface area contributed by atoms with E-state index in [0.717, 1.165) is 23.0 Å². The van der Waals surface area contributed by atoms with Crippen LogP contribution in [0.2, 0.25) is 0 Å². The van der Waals surface area contributed by atoms with Crippen molar-refractivity contribution in [2.45, 2.75) is 38.8 Å². The average molecular weight is 420 g/mol. The van der Waals surface area contributed by atoms with Crippen molar-refractivity contribution in [3.63, 3.8) is 0 Å². The summed E-state index contributed by atoms with van der Waals surface area (Å²) in [5, 5.41) is 12.1. The summed E-state index contributed by atoms with van der Waals surface area (Å²) in [6.07, 6.45) is 2.83. The Morgan fingerprint density at radius 3 is 2.65 bits per heavy atom. The van der Waals surface area contributed by atoms with Crippen LogP contribution in [-0.2, 0) is 6.54 Å². The van der Waals surface area contributed by atoms with Crippen LogP contribution in [0, 0.1) is 16.0 Å². The second-order valence-corrected chi connectivity index (χ2v) is 8.89. The molecule has 31 heavy (non-hydrogen) atoms. The van der Waals surface area contributed by atoms with Crippen molar-refractivity contribution in [1.82, 2.24) is 14.0 Å². The topological polar surface area (TPSA) is 90.4 Å². The second kappa shape index (κ2) is 7.08. The van der Waals surface area contributed by atoms with E-state index in [9.17, 15) is 19.7 Å². The first kappa shape index (κ1) is 19.5. The molecular weight excluding hydrogens is 396 g/mol. The quantitative estimate of drug-likeness (QED) is 0.479. The monoisotopic (exact) mass is 420 g/mol. The fourth-order valence-corrected chi connectivity index (χ4v) is 5.21. The fraction of sp³-hybridized carbons (Fsp3) is 0.391. The minimum Gasteiger partial charge on any atom is -0.344 e. The second-order valence-electron chi connectivity index (χ2n) is 8.89.